The molecule has 3 heterocycles. The number of hydrogen-bond acceptors (Lipinski definition) is 4. The van der Waals surface area contributed by atoms with E-state index in [1.54, 1.807) is 17.1 Å². The number of hydrogen-bond donors (Lipinski definition) is 0. The molecule has 0 atom stereocenters. The van der Waals surface area contributed by atoms with Gasteiger partial charge in [-0.3, -0.25) is 4.79 Å². The first-order chi connectivity index (χ1) is 10.8. The van der Waals surface area contributed by atoms with Crippen molar-refractivity contribution in [2.24, 2.45) is 0 Å². The molecule has 1 fully saturated rings. The van der Waals surface area contributed by atoms with E-state index in [0.717, 1.165) is 48.9 Å². The first-order valence-corrected chi connectivity index (χ1v) is 8.82. The minimum atomic E-state index is 0.0986. The second-order valence-electron chi connectivity index (χ2n) is 5.22. The number of carbonyl (C=O) groups excluding carboxylic acids is 1. The van der Waals surface area contributed by atoms with E-state index in [-0.39, 0.29) is 5.91 Å². The van der Waals surface area contributed by atoms with Crippen molar-refractivity contribution in [3.63, 3.8) is 0 Å². The molecule has 1 aliphatic heterocycles. The van der Waals surface area contributed by atoms with Crippen LogP contribution in [0.1, 0.15) is 29.4 Å². The zero-order valence-electron chi connectivity index (χ0n) is 12.7. The molecular formula is C16H20N4OS. The Bertz CT molecular complexity index is 633. The molecule has 1 saturated heterocycles. The van der Waals surface area contributed by atoms with Crippen LogP contribution in [0.2, 0.25) is 0 Å². The fourth-order valence-electron chi connectivity index (χ4n) is 2.69. The molecule has 0 unspecified atom stereocenters. The molecule has 2 aromatic rings. The Morgan fingerprint density at radius 2 is 2.23 bits per heavy atom. The van der Waals surface area contributed by atoms with Crippen molar-refractivity contribution in [2.75, 3.05) is 24.6 Å². The van der Waals surface area contributed by atoms with Crippen LogP contribution < -0.4 is 0 Å². The largest absolute Gasteiger partial charge is 0.338 e. The second kappa shape index (κ2) is 6.96. The van der Waals surface area contributed by atoms with Gasteiger partial charge in [-0.05, 0) is 30.7 Å². The Balaban J connectivity index is 1.91. The van der Waals surface area contributed by atoms with Crippen LogP contribution in [0.25, 0.3) is 5.82 Å². The van der Waals surface area contributed by atoms with Gasteiger partial charge in [-0.2, -0.15) is 16.9 Å². The average molecular weight is 316 g/mol. The average Bonchev–Trinajstić information content (AvgIpc) is 2.80. The Morgan fingerprint density at radius 3 is 3.00 bits per heavy atom. The highest BCUT2D eigenvalue weighted by Gasteiger charge is 2.23. The maximum atomic E-state index is 12.8. The topological polar surface area (TPSA) is 51.0 Å². The summed E-state index contributed by atoms with van der Waals surface area (Å²) in [6.07, 6.45) is 5.24. The summed E-state index contributed by atoms with van der Waals surface area (Å²) in [5.74, 6) is 3.01. The second-order valence-corrected chi connectivity index (χ2v) is 6.44. The smallest absolute Gasteiger partial charge is 0.257 e. The van der Waals surface area contributed by atoms with Crippen molar-refractivity contribution in [1.29, 1.82) is 0 Å². The Labute approximate surface area is 134 Å². The summed E-state index contributed by atoms with van der Waals surface area (Å²) in [5, 5.41) is 4.40. The Kier molecular flexibility index (Phi) is 4.77. The van der Waals surface area contributed by atoms with E-state index < -0.39 is 0 Å². The molecule has 0 bridgehead atoms. The van der Waals surface area contributed by atoms with E-state index in [9.17, 15) is 4.79 Å². The number of aromatic nitrogens is 3. The summed E-state index contributed by atoms with van der Waals surface area (Å²) in [6.45, 7) is 3.71. The van der Waals surface area contributed by atoms with Gasteiger partial charge in [0.15, 0.2) is 5.82 Å². The lowest BCUT2D eigenvalue weighted by atomic mass is 10.1. The molecule has 6 heteroatoms. The van der Waals surface area contributed by atoms with Gasteiger partial charge in [0.2, 0.25) is 0 Å². The lowest BCUT2D eigenvalue weighted by Gasteiger charge is -2.20. The summed E-state index contributed by atoms with van der Waals surface area (Å²) < 4.78 is 1.78. The molecule has 3 rings (SSSR count). The van der Waals surface area contributed by atoms with Gasteiger partial charge in [0.25, 0.3) is 5.91 Å². The van der Waals surface area contributed by atoms with E-state index in [4.69, 9.17) is 0 Å². The van der Waals surface area contributed by atoms with Gasteiger partial charge >= 0.3 is 0 Å². The van der Waals surface area contributed by atoms with Crippen molar-refractivity contribution in [2.45, 2.75) is 19.8 Å². The standard InChI is InChI=1S/C16H20N4OS/c1-2-14-13(16(21)19-8-5-10-22-11-9-19)12-18-20(14)15-6-3-4-7-17-15/h3-4,6-7,12H,2,5,8-11H2,1H3. The summed E-state index contributed by atoms with van der Waals surface area (Å²) in [5.41, 5.74) is 1.64. The van der Waals surface area contributed by atoms with Gasteiger partial charge in [0.05, 0.1) is 17.5 Å². The molecule has 0 radical (unpaired) electrons. The molecular weight excluding hydrogens is 296 g/mol. The molecule has 0 aliphatic carbocycles. The van der Waals surface area contributed by atoms with Gasteiger partial charge in [-0.15, -0.1) is 0 Å². The molecule has 2 aromatic heterocycles. The highest BCUT2D eigenvalue weighted by Crippen LogP contribution is 2.18. The van der Waals surface area contributed by atoms with Crippen molar-refractivity contribution in [3.05, 3.63) is 41.9 Å². The fraction of sp³-hybridized carbons (Fsp3) is 0.438. The van der Waals surface area contributed by atoms with Crippen LogP contribution >= 0.6 is 11.8 Å². The van der Waals surface area contributed by atoms with E-state index in [0.29, 0.717) is 5.56 Å². The third kappa shape index (κ3) is 3.02. The van der Waals surface area contributed by atoms with Crippen LogP contribution in [0.4, 0.5) is 0 Å². The van der Waals surface area contributed by atoms with Gasteiger partial charge in [0.1, 0.15) is 0 Å². The number of thioether (sulfide) groups is 1. The number of amides is 1. The van der Waals surface area contributed by atoms with Gasteiger partial charge in [0, 0.05) is 25.0 Å². The predicted molar refractivity (Wildman–Crippen MR) is 88.6 cm³/mol. The molecule has 1 aliphatic rings. The zero-order chi connectivity index (χ0) is 15.4. The van der Waals surface area contributed by atoms with Crippen LogP contribution in [0.15, 0.2) is 30.6 Å². The first-order valence-electron chi connectivity index (χ1n) is 7.66. The number of carbonyl (C=O) groups is 1. The zero-order valence-corrected chi connectivity index (χ0v) is 13.6. The Morgan fingerprint density at radius 1 is 1.32 bits per heavy atom. The van der Waals surface area contributed by atoms with Gasteiger partial charge in [-0.1, -0.05) is 13.0 Å². The van der Waals surface area contributed by atoms with E-state index in [1.807, 2.05) is 41.8 Å². The Hall–Kier alpha value is -1.82. The number of rotatable bonds is 3. The lowest BCUT2D eigenvalue weighted by molar-refractivity contribution is 0.0767. The fourth-order valence-corrected chi connectivity index (χ4v) is 3.58. The van der Waals surface area contributed by atoms with Crippen LogP contribution in [0, 0.1) is 0 Å². The third-order valence-corrected chi connectivity index (χ3v) is 4.86. The highest BCUT2D eigenvalue weighted by molar-refractivity contribution is 7.99. The molecule has 5 nitrogen and oxygen atoms in total. The van der Waals surface area contributed by atoms with E-state index in [1.165, 1.54) is 0 Å². The monoisotopic (exact) mass is 316 g/mol. The maximum Gasteiger partial charge on any atom is 0.257 e. The van der Waals surface area contributed by atoms with Gasteiger partial charge < -0.3 is 4.90 Å². The molecule has 0 saturated carbocycles. The summed E-state index contributed by atoms with van der Waals surface area (Å²) >= 11 is 1.92. The first kappa shape index (κ1) is 15.1. The summed E-state index contributed by atoms with van der Waals surface area (Å²) in [4.78, 5) is 19.1. The van der Waals surface area contributed by atoms with Crippen molar-refractivity contribution in [1.82, 2.24) is 19.7 Å². The van der Waals surface area contributed by atoms with Crippen LogP contribution in [0.5, 0.6) is 0 Å². The normalized spacial score (nSPS) is 15.6. The number of pyridine rings is 1. The minimum absolute atomic E-state index is 0.0986. The van der Waals surface area contributed by atoms with Crippen molar-refractivity contribution in [3.8, 4) is 5.82 Å². The van der Waals surface area contributed by atoms with Gasteiger partial charge in [-0.25, -0.2) is 9.67 Å². The van der Waals surface area contributed by atoms with Crippen molar-refractivity contribution < 1.29 is 4.79 Å². The molecule has 116 valence electrons. The molecule has 0 N–H and O–H groups in total. The van der Waals surface area contributed by atoms with Crippen LogP contribution in [-0.2, 0) is 6.42 Å². The van der Waals surface area contributed by atoms with Crippen molar-refractivity contribution >= 4 is 17.7 Å². The maximum absolute atomic E-state index is 12.8. The molecule has 0 spiro atoms. The molecule has 1 amide bonds. The van der Waals surface area contributed by atoms with Crippen LogP contribution in [0.3, 0.4) is 0 Å². The van der Waals surface area contributed by atoms with E-state index in [2.05, 4.69) is 10.1 Å². The molecule has 0 aromatic carbocycles. The number of nitrogens with zero attached hydrogens (tertiary/aromatic N) is 4. The predicted octanol–water partition coefficient (Wildman–Crippen LogP) is 2.41. The van der Waals surface area contributed by atoms with Crippen LogP contribution in [-0.4, -0.2) is 50.2 Å². The lowest BCUT2D eigenvalue weighted by Crippen LogP contribution is -2.33. The minimum Gasteiger partial charge on any atom is -0.338 e. The summed E-state index contributed by atoms with van der Waals surface area (Å²) in [6, 6.07) is 5.71. The SMILES string of the molecule is CCc1c(C(=O)N2CCCSCC2)cnn1-c1ccccn1. The highest BCUT2D eigenvalue weighted by atomic mass is 32.2. The molecule has 22 heavy (non-hydrogen) atoms. The quantitative estimate of drug-likeness (QED) is 0.872. The summed E-state index contributed by atoms with van der Waals surface area (Å²) in [7, 11) is 0. The van der Waals surface area contributed by atoms with E-state index >= 15 is 0 Å². The third-order valence-electron chi connectivity index (χ3n) is 3.81.